The molecular formula is C19H20N2O3S. The molecule has 0 saturated carbocycles. The van der Waals surface area contributed by atoms with E-state index in [-0.39, 0.29) is 0 Å². The monoisotopic (exact) mass is 356 g/mol. The van der Waals surface area contributed by atoms with Gasteiger partial charge >= 0.3 is 0 Å². The van der Waals surface area contributed by atoms with Crippen molar-refractivity contribution < 1.29 is 14.2 Å². The number of hydrogen-bond donors (Lipinski definition) is 0. The number of allylic oxidation sites excluding steroid dienone is 1. The number of methoxy groups -OCH3 is 3. The van der Waals surface area contributed by atoms with E-state index in [1.807, 2.05) is 18.2 Å². The van der Waals surface area contributed by atoms with E-state index in [1.54, 1.807) is 32.7 Å². The molecule has 3 rings (SSSR count). The molecule has 0 bridgehead atoms. The maximum atomic E-state index is 9.62. The SMILES string of the molecule is COc1cc(C=C(C#N)c2nc3c(s2)CCCC3)cc(OC)c1OC. The number of benzene rings is 1. The lowest BCUT2D eigenvalue weighted by molar-refractivity contribution is 0.324. The molecule has 0 fully saturated rings. The average Bonchev–Trinajstić information content (AvgIpc) is 3.08. The van der Waals surface area contributed by atoms with Crippen LogP contribution in [0.5, 0.6) is 17.2 Å². The summed E-state index contributed by atoms with van der Waals surface area (Å²) >= 11 is 1.63. The first kappa shape index (κ1) is 17.3. The minimum Gasteiger partial charge on any atom is -0.493 e. The molecule has 5 nitrogen and oxygen atoms in total. The maximum absolute atomic E-state index is 9.62. The lowest BCUT2D eigenvalue weighted by Gasteiger charge is -2.13. The van der Waals surface area contributed by atoms with Crippen LogP contribution in [0.15, 0.2) is 12.1 Å². The zero-order chi connectivity index (χ0) is 17.8. The van der Waals surface area contributed by atoms with E-state index in [2.05, 4.69) is 11.1 Å². The number of fused-ring (bicyclic) bond motifs is 1. The summed E-state index contributed by atoms with van der Waals surface area (Å²) in [6, 6.07) is 5.93. The van der Waals surface area contributed by atoms with Crippen molar-refractivity contribution in [1.82, 2.24) is 4.98 Å². The Kier molecular flexibility index (Phi) is 5.25. The van der Waals surface area contributed by atoms with Gasteiger partial charge in [-0.15, -0.1) is 11.3 Å². The lowest BCUT2D eigenvalue weighted by Crippen LogP contribution is -1.99. The molecule has 2 aromatic rings. The Hall–Kier alpha value is -2.52. The van der Waals surface area contributed by atoms with Crippen molar-refractivity contribution in [2.45, 2.75) is 25.7 Å². The van der Waals surface area contributed by atoms with E-state index in [9.17, 15) is 5.26 Å². The van der Waals surface area contributed by atoms with Crippen LogP contribution in [-0.2, 0) is 12.8 Å². The summed E-state index contributed by atoms with van der Waals surface area (Å²) in [7, 11) is 4.71. The van der Waals surface area contributed by atoms with Gasteiger partial charge in [0.1, 0.15) is 11.1 Å². The second-order valence-corrected chi connectivity index (χ2v) is 6.81. The first-order valence-electron chi connectivity index (χ1n) is 8.11. The van der Waals surface area contributed by atoms with Crippen LogP contribution in [0.1, 0.15) is 34.0 Å². The summed E-state index contributed by atoms with van der Waals surface area (Å²) in [5.41, 5.74) is 2.50. The standard InChI is InChI=1S/C19H20N2O3S/c1-22-15-9-12(10-16(23-2)18(15)24-3)8-13(11-20)19-21-14-6-4-5-7-17(14)25-19/h8-10H,4-7H2,1-3H3. The third kappa shape index (κ3) is 3.47. The molecule has 25 heavy (non-hydrogen) atoms. The summed E-state index contributed by atoms with van der Waals surface area (Å²) < 4.78 is 16.1. The predicted octanol–water partition coefficient (Wildman–Crippen LogP) is 4.11. The number of hydrogen-bond acceptors (Lipinski definition) is 6. The summed E-state index contributed by atoms with van der Waals surface area (Å²) in [4.78, 5) is 5.99. The third-order valence-corrected chi connectivity index (χ3v) is 5.39. The molecule has 1 aliphatic carbocycles. The van der Waals surface area contributed by atoms with Crippen LogP contribution in [0.3, 0.4) is 0 Å². The quantitative estimate of drug-likeness (QED) is 0.754. The number of ether oxygens (including phenoxy) is 3. The zero-order valence-corrected chi connectivity index (χ0v) is 15.4. The van der Waals surface area contributed by atoms with E-state index < -0.39 is 0 Å². The van der Waals surface area contributed by atoms with Crippen molar-refractivity contribution >= 4 is 23.0 Å². The second-order valence-electron chi connectivity index (χ2n) is 5.72. The van der Waals surface area contributed by atoms with Crippen molar-refractivity contribution in [3.63, 3.8) is 0 Å². The summed E-state index contributed by atoms with van der Waals surface area (Å²) in [5, 5.41) is 10.4. The van der Waals surface area contributed by atoms with Gasteiger partial charge in [0, 0.05) is 4.88 Å². The normalized spacial score (nSPS) is 13.8. The van der Waals surface area contributed by atoms with Gasteiger partial charge in [0.2, 0.25) is 5.75 Å². The molecule has 0 atom stereocenters. The van der Waals surface area contributed by atoms with Crippen LogP contribution in [0.4, 0.5) is 0 Å². The van der Waals surface area contributed by atoms with E-state index >= 15 is 0 Å². The Bertz CT molecular complexity index is 800. The van der Waals surface area contributed by atoms with Crippen molar-refractivity contribution in [3.8, 4) is 23.3 Å². The van der Waals surface area contributed by atoms with Gasteiger partial charge in [-0.1, -0.05) is 0 Å². The van der Waals surface area contributed by atoms with Crippen LogP contribution >= 0.6 is 11.3 Å². The third-order valence-electron chi connectivity index (χ3n) is 4.19. The number of aryl methyl sites for hydroxylation is 2. The van der Waals surface area contributed by atoms with Gasteiger partial charge < -0.3 is 14.2 Å². The predicted molar refractivity (Wildman–Crippen MR) is 98.3 cm³/mol. The first-order chi connectivity index (χ1) is 12.2. The molecule has 0 radical (unpaired) electrons. The molecule has 0 unspecified atom stereocenters. The Balaban J connectivity index is 2.02. The minimum atomic E-state index is 0.533. The van der Waals surface area contributed by atoms with Crippen LogP contribution in [0.25, 0.3) is 11.6 Å². The number of nitrogens with zero attached hydrogens (tertiary/aromatic N) is 2. The fourth-order valence-corrected chi connectivity index (χ4v) is 4.08. The first-order valence-corrected chi connectivity index (χ1v) is 8.92. The zero-order valence-electron chi connectivity index (χ0n) is 14.6. The van der Waals surface area contributed by atoms with Crippen molar-refractivity contribution in [2.24, 2.45) is 0 Å². The molecule has 1 aliphatic rings. The van der Waals surface area contributed by atoms with Gasteiger partial charge in [0.25, 0.3) is 0 Å². The molecule has 1 aromatic heterocycles. The number of nitriles is 1. The molecular weight excluding hydrogens is 336 g/mol. The van der Waals surface area contributed by atoms with Crippen molar-refractivity contribution in [3.05, 3.63) is 33.3 Å². The van der Waals surface area contributed by atoms with E-state index in [0.29, 0.717) is 22.8 Å². The summed E-state index contributed by atoms with van der Waals surface area (Å²) in [6.45, 7) is 0. The van der Waals surface area contributed by atoms with E-state index in [1.165, 1.54) is 17.7 Å². The highest BCUT2D eigenvalue weighted by Gasteiger charge is 2.18. The second kappa shape index (κ2) is 7.58. The van der Waals surface area contributed by atoms with Gasteiger partial charge in [-0.3, -0.25) is 0 Å². The highest BCUT2D eigenvalue weighted by molar-refractivity contribution is 7.13. The topological polar surface area (TPSA) is 64.4 Å². The molecule has 130 valence electrons. The molecule has 0 N–H and O–H groups in total. The summed E-state index contributed by atoms with van der Waals surface area (Å²) in [5.74, 6) is 1.65. The van der Waals surface area contributed by atoms with Crippen LogP contribution in [0, 0.1) is 11.3 Å². The largest absolute Gasteiger partial charge is 0.493 e. The van der Waals surface area contributed by atoms with Crippen LogP contribution in [0.2, 0.25) is 0 Å². The molecule has 0 saturated heterocycles. The average molecular weight is 356 g/mol. The number of thiazole rings is 1. The molecule has 6 heteroatoms. The minimum absolute atomic E-state index is 0.533. The van der Waals surface area contributed by atoms with Gasteiger partial charge in [0.05, 0.1) is 32.6 Å². The van der Waals surface area contributed by atoms with Gasteiger partial charge in [0.15, 0.2) is 11.5 Å². The maximum Gasteiger partial charge on any atom is 0.203 e. The highest BCUT2D eigenvalue weighted by Crippen LogP contribution is 2.39. The smallest absolute Gasteiger partial charge is 0.203 e. The van der Waals surface area contributed by atoms with Crippen molar-refractivity contribution in [2.75, 3.05) is 21.3 Å². The van der Waals surface area contributed by atoms with E-state index in [4.69, 9.17) is 14.2 Å². The molecule has 0 aliphatic heterocycles. The van der Waals surface area contributed by atoms with Gasteiger partial charge in [-0.05, 0) is 49.5 Å². The number of rotatable bonds is 5. The summed E-state index contributed by atoms with van der Waals surface area (Å²) in [6.07, 6.45) is 6.27. The molecule has 1 aromatic carbocycles. The Morgan fingerprint density at radius 1 is 1.12 bits per heavy atom. The molecule has 1 heterocycles. The van der Waals surface area contributed by atoms with Gasteiger partial charge in [-0.2, -0.15) is 5.26 Å². The molecule has 0 amide bonds. The Morgan fingerprint density at radius 2 is 1.80 bits per heavy atom. The Labute approximate surface area is 151 Å². The van der Waals surface area contributed by atoms with E-state index in [0.717, 1.165) is 29.1 Å². The fourth-order valence-electron chi connectivity index (χ4n) is 2.96. The van der Waals surface area contributed by atoms with Gasteiger partial charge in [-0.25, -0.2) is 4.98 Å². The highest BCUT2D eigenvalue weighted by atomic mass is 32.1. The fraction of sp³-hybridized carbons (Fsp3) is 0.368. The van der Waals surface area contributed by atoms with Crippen molar-refractivity contribution in [1.29, 1.82) is 5.26 Å². The molecule has 0 spiro atoms. The number of aromatic nitrogens is 1. The van der Waals surface area contributed by atoms with Crippen LogP contribution < -0.4 is 14.2 Å². The lowest BCUT2D eigenvalue weighted by atomic mass is 10.0. The Morgan fingerprint density at radius 3 is 2.36 bits per heavy atom. The van der Waals surface area contributed by atoms with Crippen LogP contribution in [-0.4, -0.2) is 26.3 Å².